The lowest BCUT2D eigenvalue weighted by Crippen LogP contribution is -2.12. The fourth-order valence-corrected chi connectivity index (χ4v) is 2.11. The monoisotopic (exact) mass is 355 g/mol. The highest BCUT2D eigenvalue weighted by Gasteiger charge is 2.11. The molecule has 3 rings (SSSR count). The molecule has 0 saturated heterocycles. The van der Waals surface area contributed by atoms with Gasteiger partial charge in [-0.05, 0) is 19.1 Å². The number of nitro benzene ring substituents is 1. The molecular formula is C16H17N7O3. The standard InChI is InChI=1S/C16H17N7O3/c1-10-8-14(21-20-10)17-13-9-15(22(2)3)19-16(18-13)26-12-6-4-11(5-7-12)23(24)25/h4-9H,1-3H3,(H2,17,18,19,20,21). The summed E-state index contributed by atoms with van der Waals surface area (Å²) in [6.45, 7) is 1.90. The van der Waals surface area contributed by atoms with Gasteiger partial charge in [0.25, 0.3) is 5.69 Å². The van der Waals surface area contributed by atoms with Gasteiger partial charge in [-0.25, -0.2) is 0 Å². The summed E-state index contributed by atoms with van der Waals surface area (Å²) in [5.74, 6) is 2.15. The van der Waals surface area contributed by atoms with E-state index in [1.165, 1.54) is 24.3 Å². The third-order valence-electron chi connectivity index (χ3n) is 3.37. The van der Waals surface area contributed by atoms with Crippen LogP contribution in [0.1, 0.15) is 5.69 Å². The van der Waals surface area contributed by atoms with Crippen molar-refractivity contribution in [1.82, 2.24) is 20.2 Å². The minimum Gasteiger partial charge on any atom is -0.424 e. The van der Waals surface area contributed by atoms with Gasteiger partial charge in [0.05, 0.1) is 4.92 Å². The Morgan fingerprint density at radius 2 is 1.88 bits per heavy atom. The third kappa shape index (κ3) is 4.04. The van der Waals surface area contributed by atoms with Crippen LogP contribution in [0, 0.1) is 17.0 Å². The zero-order chi connectivity index (χ0) is 18.7. The number of non-ortho nitro benzene ring substituents is 1. The summed E-state index contributed by atoms with van der Waals surface area (Å²) < 4.78 is 5.65. The number of H-pyrrole nitrogens is 1. The van der Waals surface area contributed by atoms with Gasteiger partial charge in [0, 0.05) is 44.1 Å². The maximum absolute atomic E-state index is 10.7. The number of nitrogens with one attached hydrogen (secondary N) is 2. The van der Waals surface area contributed by atoms with E-state index < -0.39 is 4.92 Å². The molecule has 26 heavy (non-hydrogen) atoms. The van der Waals surface area contributed by atoms with Crippen molar-refractivity contribution in [3.05, 3.63) is 52.2 Å². The summed E-state index contributed by atoms with van der Waals surface area (Å²) in [6.07, 6.45) is 0. The van der Waals surface area contributed by atoms with Gasteiger partial charge in [-0.2, -0.15) is 15.1 Å². The number of anilines is 3. The fraction of sp³-hybridized carbons (Fsp3) is 0.188. The maximum atomic E-state index is 10.7. The van der Waals surface area contributed by atoms with Crippen LogP contribution in [0.4, 0.5) is 23.1 Å². The largest absolute Gasteiger partial charge is 0.424 e. The van der Waals surface area contributed by atoms with Crippen LogP contribution in [0.25, 0.3) is 0 Å². The second kappa shape index (κ2) is 7.05. The van der Waals surface area contributed by atoms with Gasteiger partial charge in [-0.15, -0.1) is 0 Å². The van der Waals surface area contributed by atoms with E-state index in [0.29, 0.717) is 23.2 Å². The summed E-state index contributed by atoms with van der Waals surface area (Å²) >= 11 is 0. The molecule has 3 aromatic rings. The zero-order valence-corrected chi connectivity index (χ0v) is 14.4. The highest BCUT2D eigenvalue weighted by Crippen LogP contribution is 2.25. The summed E-state index contributed by atoms with van der Waals surface area (Å²) in [5.41, 5.74) is 0.897. The quantitative estimate of drug-likeness (QED) is 0.511. The molecule has 10 nitrogen and oxygen atoms in total. The molecule has 1 aromatic carbocycles. The van der Waals surface area contributed by atoms with Crippen LogP contribution >= 0.6 is 0 Å². The Morgan fingerprint density at radius 1 is 1.15 bits per heavy atom. The fourth-order valence-electron chi connectivity index (χ4n) is 2.11. The molecule has 0 spiro atoms. The molecule has 0 amide bonds. The number of rotatable bonds is 6. The molecule has 0 fully saturated rings. The van der Waals surface area contributed by atoms with Crippen molar-refractivity contribution in [3.63, 3.8) is 0 Å². The summed E-state index contributed by atoms with van der Waals surface area (Å²) in [5, 5.41) is 20.8. The van der Waals surface area contributed by atoms with Crippen LogP contribution in [0.5, 0.6) is 11.8 Å². The van der Waals surface area contributed by atoms with Crippen LogP contribution < -0.4 is 15.0 Å². The average Bonchev–Trinajstić information content (AvgIpc) is 3.00. The Morgan fingerprint density at radius 3 is 2.46 bits per heavy atom. The second-order valence-electron chi connectivity index (χ2n) is 5.70. The van der Waals surface area contributed by atoms with Gasteiger partial charge >= 0.3 is 6.01 Å². The number of aromatic nitrogens is 4. The third-order valence-corrected chi connectivity index (χ3v) is 3.37. The number of hydrogen-bond donors (Lipinski definition) is 2. The minimum absolute atomic E-state index is 0.0171. The number of aryl methyl sites for hydroxylation is 1. The lowest BCUT2D eigenvalue weighted by atomic mass is 10.3. The number of hydrogen-bond acceptors (Lipinski definition) is 8. The van der Waals surface area contributed by atoms with Gasteiger partial charge in [-0.1, -0.05) is 0 Å². The molecule has 134 valence electrons. The summed E-state index contributed by atoms with van der Waals surface area (Å²) in [6, 6.07) is 9.41. The van der Waals surface area contributed by atoms with Gasteiger partial charge in [0.15, 0.2) is 5.82 Å². The van der Waals surface area contributed by atoms with Crippen molar-refractivity contribution in [2.75, 3.05) is 24.3 Å². The van der Waals surface area contributed by atoms with Crippen LogP contribution in [0.15, 0.2) is 36.4 Å². The van der Waals surface area contributed by atoms with Gasteiger partial charge in [0.2, 0.25) is 0 Å². The Kier molecular flexibility index (Phi) is 4.65. The molecule has 2 heterocycles. The molecule has 0 aliphatic rings. The molecule has 2 N–H and O–H groups in total. The lowest BCUT2D eigenvalue weighted by molar-refractivity contribution is -0.384. The number of benzene rings is 1. The van der Waals surface area contributed by atoms with E-state index >= 15 is 0 Å². The Bertz CT molecular complexity index is 922. The first-order chi connectivity index (χ1) is 12.4. The van der Waals surface area contributed by atoms with Crippen molar-refractivity contribution in [2.24, 2.45) is 0 Å². The molecule has 10 heteroatoms. The van der Waals surface area contributed by atoms with Gasteiger partial charge < -0.3 is 15.0 Å². The van der Waals surface area contributed by atoms with Crippen molar-refractivity contribution in [3.8, 4) is 11.8 Å². The van der Waals surface area contributed by atoms with Crippen LogP contribution in [-0.2, 0) is 0 Å². The number of aromatic amines is 1. The molecule has 0 atom stereocenters. The number of nitro groups is 1. The van der Waals surface area contributed by atoms with Crippen molar-refractivity contribution in [2.45, 2.75) is 6.92 Å². The highest BCUT2D eigenvalue weighted by atomic mass is 16.6. The lowest BCUT2D eigenvalue weighted by Gasteiger charge is -2.14. The van der Waals surface area contributed by atoms with Gasteiger partial charge in [0.1, 0.15) is 17.4 Å². The van der Waals surface area contributed by atoms with E-state index in [2.05, 4.69) is 25.5 Å². The summed E-state index contributed by atoms with van der Waals surface area (Å²) in [7, 11) is 3.70. The predicted octanol–water partition coefficient (Wildman–Crippen LogP) is 3.02. The van der Waals surface area contributed by atoms with E-state index in [4.69, 9.17) is 4.74 Å². The molecular weight excluding hydrogens is 338 g/mol. The smallest absolute Gasteiger partial charge is 0.325 e. The predicted molar refractivity (Wildman–Crippen MR) is 96.1 cm³/mol. The van der Waals surface area contributed by atoms with E-state index in [-0.39, 0.29) is 11.7 Å². The number of nitrogens with zero attached hydrogens (tertiary/aromatic N) is 5. The number of ether oxygens (including phenoxy) is 1. The van der Waals surface area contributed by atoms with E-state index in [0.717, 1.165) is 5.69 Å². The Hall–Kier alpha value is -3.69. The Labute approximate surface area is 149 Å². The highest BCUT2D eigenvalue weighted by molar-refractivity contribution is 5.57. The Balaban J connectivity index is 1.86. The van der Waals surface area contributed by atoms with Crippen molar-refractivity contribution in [1.29, 1.82) is 0 Å². The first kappa shape index (κ1) is 17.1. The molecule has 0 bridgehead atoms. The zero-order valence-electron chi connectivity index (χ0n) is 14.4. The van der Waals surface area contributed by atoms with Crippen molar-refractivity contribution >= 4 is 23.1 Å². The van der Waals surface area contributed by atoms with E-state index in [1.807, 2.05) is 32.0 Å². The average molecular weight is 355 g/mol. The van der Waals surface area contributed by atoms with Crippen LogP contribution in [0.3, 0.4) is 0 Å². The van der Waals surface area contributed by atoms with Gasteiger partial charge in [-0.3, -0.25) is 15.2 Å². The molecule has 2 aromatic heterocycles. The minimum atomic E-state index is -0.471. The first-order valence-electron chi connectivity index (χ1n) is 7.68. The maximum Gasteiger partial charge on any atom is 0.325 e. The van der Waals surface area contributed by atoms with Crippen molar-refractivity contribution < 1.29 is 9.66 Å². The second-order valence-corrected chi connectivity index (χ2v) is 5.70. The van der Waals surface area contributed by atoms with E-state index in [9.17, 15) is 10.1 Å². The normalized spacial score (nSPS) is 10.4. The SMILES string of the molecule is Cc1cc(Nc2cc(N(C)C)nc(Oc3ccc([N+](=O)[O-])cc3)n2)n[nH]1. The molecule has 0 aliphatic carbocycles. The molecule has 0 unspecified atom stereocenters. The summed E-state index contributed by atoms with van der Waals surface area (Å²) in [4.78, 5) is 20.7. The molecule has 0 radical (unpaired) electrons. The molecule has 0 aliphatic heterocycles. The van der Waals surface area contributed by atoms with Crippen LogP contribution in [-0.4, -0.2) is 39.2 Å². The first-order valence-corrected chi connectivity index (χ1v) is 7.68. The topological polar surface area (TPSA) is 122 Å². The molecule has 0 saturated carbocycles. The van der Waals surface area contributed by atoms with Crippen LogP contribution in [0.2, 0.25) is 0 Å². The van der Waals surface area contributed by atoms with E-state index in [1.54, 1.807) is 6.07 Å².